The SMILES string of the molecule is CCNCc1cc(CN(C)CCSC)c(C)o1. The summed E-state index contributed by atoms with van der Waals surface area (Å²) in [6.45, 7) is 8.05. The lowest BCUT2D eigenvalue weighted by molar-refractivity contribution is 0.345. The molecule has 0 atom stereocenters. The highest BCUT2D eigenvalue weighted by Gasteiger charge is 2.09. The summed E-state index contributed by atoms with van der Waals surface area (Å²) in [5.41, 5.74) is 1.31. The van der Waals surface area contributed by atoms with E-state index in [1.807, 2.05) is 18.7 Å². The van der Waals surface area contributed by atoms with Crippen molar-refractivity contribution in [3.05, 3.63) is 23.2 Å². The van der Waals surface area contributed by atoms with Crippen molar-refractivity contribution in [2.45, 2.75) is 26.9 Å². The minimum absolute atomic E-state index is 0.825. The second-order valence-electron chi connectivity index (χ2n) is 4.31. The molecule has 4 heteroatoms. The fourth-order valence-electron chi connectivity index (χ4n) is 1.70. The second-order valence-corrected chi connectivity index (χ2v) is 5.29. The van der Waals surface area contributed by atoms with Crippen LogP contribution in [0.5, 0.6) is 0 Å². The van der Waals surface area contributed by atoms with Crippen LogP contribution in [0.1, 0.15) is 24.0 Å². The normalized spacial score (nSPS) is 11.4. The fraction of sp³-hybridized carbons (Fsp3) is 0.692. The minimum Gasteiger partial charge on any atom is -0.465 e. The van der Waals surface area contributed by atoms with E-state index in [1.54, 1.807) is 0 Å². The van der Waals surface area contributed by atoms with E-state index < -0.39 is 0 Å². The van der Waals surface area contributed by atoms with Crippen LogP contribution in [0.15, 0.2) is 10.5 Å². The standard InChI is InChI=1S/C13H24N2OS/c1-5-14-9-13-8-12(11(2)16-13)10-15(3)6-7-17-4/h8,14H,5-7,9-10H2,1-4H3. The van der Waals surface area contributed by atoms with Crippen LogP contribution in [-0.2, 0) is 13.1 Å². The molecule has 0 saturated heterocycles. The molecule has 0 aliphatic carbocycles. The van der Waals surface area contributed by atoms with Crippen molar-refractivity contribution < 1.29 is 4.42 Å². The molecule has 0 radical (unpaired) electrons. The van der Waals surface area contributed by atoms with Crippen LogP contribution in [0.3, 0.4) is 0 Å². The van der Waals surface area contributed by atoms with Crippen molar-refractivity contribution in [2.24, 2.45) is 0 Å². The maximum absolute atomic E-state index is 5.73. The van der Waals surface area contributed by atoms with Gasteiger partial charge in [0.25, 0.3) is 0 Å². The number of hydrogen-bond donors (Lipinski definition) is 1. The summed E-state index contributed by atoms with van der Waals surface area (Å²) in [6.07, 6.45) is 2.14. The van der Waals surface area contributed by atoms with Gasteiger partial charge >= 0.3 is 0 Å². The summed E-state index contributed by atoms with van der Waals surface area (Å²) in [5, 5.41) is 3.28. The first-order valence-corrected chi connectivity index (χ1v) is 7.53. The molecule has 98 valence electrons. The highest BCUT2D eigenvalue weighted by molar-refractivity contribution is 7.98. The monoisotopic (exact) mass is 256 g/mol. The number of nitrogens with zero attached hydrogens (tertiary/aromatic N) is 1. The molecule has 0 aliphatic heterocycles. The first-order valence-electron chi connectivity index (χ1n) is 6.13. The summed E-state index contributed by atoms with van der Waals surface area (Å²) in [7, 11) is 2.16. The summed E-state index contributed by atoms with van der Waals surface area (Å²) in [4.78, 5) is 2.34. The van der Waals surface area contributed by atoms with Crippen LogP contribution < -0.4 is 5.32 Å². The van der Waals surface area contributed by atoms with Crippen LogP contribution in [0, 0.1) is 6.92 Å². The number of furan rings is 1. The first-order chi connectivity index (χ1) is 8.17. The zero-order valence-corrected chi connectivity index (χ0v) is 12.2. The van der Waals surface area contributed by atoms with Gasteiger partial charge in [-0.3, -0.25) is 0 Å². The van der Waals surface area contributed by atoms with Crippen LogP contribution in [0.4, 0.5) is 0 Å². The van der Waals surface area contributed by atoms with E-state index in [1.165, 1.54) is 11.3 Å². The van der Waals surface area contributed by atoms with Crippen LogP contribution in [0.2, 0.25) is 0 Å². The van der Waals surface area contributed by atoms with E-state index in [0.29, 0.717) is 0 Å². The minimum atomic E-state index is 0.825. The van der Waals surface area contributed by atoms with Gasteiger partial charge in [-0.1, -0.05) is 6.92 Å². The van der Waals surface area contributed by atoms with Crippen molar-refractivity contribution in [3.8, 4) is 0 Å². The van der Waals surface area contributed by atoms with Gasteiger partial charge in [0.05, 0.1) is 6.54 Å². The molecule has 0 amide bonds. The third kappa shape index (κ3) is 5.15. The Morgan fingerprint density at radius 1 is 1.47 bits per heavy atom. The van der Waals surface area contributed by atoms with Crippen molar-refractivity contribution in [3.63, 3.8) is 0 Å². The van der Waals surface area contributed by atoms with E-state index in [4.69, 9.17) is 4.42 Å². The molecule has 3 nitrogen and oxygen atoms in total. The van der Waals surface area contributed by atoms with Gasteiger partial charge < -0.3 is 14.6 Å². The van der Waals surface area contributed by atoms with Gasteiger partial charge in [-0.05, 0) is 32.8 Å². The number of thioether (sulfide) groups is 1. The lowest BCUT2D eigenvalue weighted by atomic mass is 10.2. The fourth-order valence-corrected chi connectivity index (χ4v) is 2.19. The average Bonchev–Trinajstić information content (AvgIpc) is 2.65. The quantitative estimate of drug-likeness (QED) is 0.773. The second kappa shape index (κ2) is 7.80. The third-order valence-corrected chi connectivity index (χ3v) is 3.33. The molecule has 1 rings (SSSR count). The number of aryl methyl sites for hydroxylation is 1. The molecule has 0 bridgehead atoms. The lowest BCUT2D eigenvalue weighted by Crippen LogP contribution is -2.20. The first kappa shape index (κ1) is 14.6. The molecule has 1 aromatic heterocycles. The summed E-state index contributed by atoms with van der Waals surface area (Å²) in [6, 6.07) is 2.17. The highest BCUT2D eigenvalue weighted by atomic mass is 32.2. The van der Waals surface area contributed by atoms with Gasteiger partial charge in [0.2, 0.25) is 0 Å². The lowest BCUT2D eigenvalue weighted by Gasteiger charge is -2.14. The number of hydrogen-bond acceptors (Lipinski definition) is 4. The van der Waals surface area contributed by atoms with Crippen molar-refractivity contribution in [1.29, 1.82) is 0 Å². The van der Waals surface area contributed by atoms with Crippen molar-refractivity contribution in [2.75, 3.05) is 32.1 Å². The largest absolute Gasteiger partial charge is 0.465 e. The Hall–Kier alpha value is -0.450. The zero-order valence-electron chi connectivity index (χ0n) is 11.4. The maximum Gasteiger partial charge on any atom is 0.118 e. The number of rotatable bonds is 8. The Morgan fingerprint density at radius 2 is 2.24 bits per heavy atom. The molecule has 0 saturated carbocycles. The smallest absolute Gasteiger partial charge is 0.118 e. The summed E-state index contributed by atoms with van der Waals surface area (Å²) in [5.74, 6) is 3.27. The predicted octanol–water partition coefficient (Wildman–Crippen LogP) is 2.49. The zero-order chi connectivity index (χ0) is 12.7. The summed E-state index contributed by atoms with van der Waals surface area (Å²) < 4.78 is 5.73. The third-order valence-electron chi connectivity index (χ3n) is 2.74. The van der Waals surface area contributed by atoms with E-state index >= 15 is 0 Å². The van der Waals surface area contributed by atoms with Crippen LogP contribution >= 0.6 is 11.8 Å². The topological polar surface area (TPSA) is 28.4 Å². The molecule has 0 fully saturated rings. The molecule has 17 heavy (non-hydrogen) atoms. The van der Waals surface area contributed by atoms with Gasteiger partial charge in [0, 0.05) is 24.4 Å². The van der Waals surface area contributed by atoms with Crippen LogP contribution in [-0.4, -0.2) is 37.0 Å². The van der Waals surface area contributed by atoms with Crippen LogP contribution in [0.25, 0.3) is 0 Å². The van der Waals surface area contributed by atoms with Gasteiger partial charge in [-0.2, -0.15) is 11.8 Å². The Balaban J connectivity index is 2.49. The average molecular weight is 256 g/mol. The Kier molecular flexibility index (Phi) is 6.70. The van der Waals surface area contributed by atoms with Gasteiger partial charge in [-0.25, -0.2) is 0 Å². The van der Waals surface area contributed by atoms with Gasteiger partial charge in [0.15, 0.2) is 0 Å². The maximum atomic E-state index is 5.73. The molecule has 0 aliphatic rings. The van der Waals surface area contributed by atoms with Crippen molar-refractivity contribution in [1.82, 2.24) is 10.2 Å². The molecular weight excluding hydrogens is 232 g/mol. The van der Waals surface area contributed by atoms with Crippen molar-refractivity contribution >= 4 is 11.8 Å². The molecule has 1 heterocycles. The van der Waals surface area contributed by atoms with E-state index in [2.05, 4.69) is 36.5 Å². The van der Waals surface area contributed by atoms with E-state index in [-0.39, 0.29) is 0 Å². The summed E-state index contributed by atoms with van der Waals surface area (Å²) >= 11 is 1.89. The van der Waals surface area contributed by atoms with E-state index in [0.717, 1.165) is 37.7 Å². The van der Waals surface area contributed by atoms with E-state index in [9.17, 15) is 0 Å². The molecule has 0 spiro atoms. The Bertz CT molecular complexity index is 325. The van der Waals surface area contributed by atoms with Gasteiger partial charge in [0.1, 0.15) is 11.5 Å². The predicted molar refractivity (Wildman–Crippen MR) is 75.5 cm³/mol. The molecule has 0 aromatic carbocycles. The molecule has 1 N–H and O–H groups in total. The molecular formula is C13H24N2OS. The molecule has 1 aromatic rings. The molecule has 0 unspecified atom stereocenters. The Morgan fingerprint density at radius 3 is 2.88 bits per heavy atom. The Labute approximate surface area is 109 Å². The van der Waals surface area contributed by atoms with Gasteiger partial charge in [-0.15, -0.1) is 0 Å². The highest BCUT2D eigenvalue weighted by Crippen LogP contribution is 2.16. The number of nitrogens with one attached hydrogen (secondary N) is 1.